The van der Waals surface area contributed by atoms with Crippen molar-refractivity contribution in [3.05, 3.63) is 25.3 Å². The van der Waals surface area contributed by atoms with Gasteiger partial charge in [0.25, 0.3) is 0 Å². The minimum Gasteiger partial charge on any atom is -0.121 e. The monoisotopic (exact) mass is 206 g/mol. The minimum atomic E-state index is 0.0598. The fraction of sp³-hybridized carbons (Fsp3) is 0.600. The Morgan fingerprint density at radius 1 is 0.917 bits per heavy atom. The van der Waals surface area contributed by atoms with Crippen molar-refractivity contribution in [3.8, 4) is 0 Å². The van der Waals surface area contributed by atoms with Crippen molar-refractivity contribution in [1.29, 1.82) is 0 Å². The molecule has 0 saturated heterocycles. The second-order valence-corrected chi connectivity index (χ2v) is 3.89. The quantitative estimate of drug-likeness (QED) is 0.435. The van der Waals surface area contributed by atoms with E-state index >= 15 is 0 Å². The van der Waals surface area contributed by atoms with Crippen molar-refractivity contribution < 1.29 is 0 Å². The molecule has 0 bridgehead atoms. The topological polar surface area (TPSA) is 0 Å². The Kier molecular flexibility index (Phi) is 7.73. The van der Waals surface area contributed by atoms with E-state index < -0.39 is 0 Å². The molecule has 0 aromatic heterocycles. The van der Waals surface area contributed by atoms with Crippen molar-refractivity contribution in [3.63, 3.8) is 0 Å². The SMILES string of the molecule is C=CCCC(Cl)C(Cl)CCC=C. The summed E-state index contributed by atoms with van der Waals surface area (Å²) in [6.45, 7) is 7.27. The van der Waals surface area contributed by atoms with Gasteiger partial charge in [-0.15, -0.1) is 36.4 Å². The van der Waals surface area contributed by atoms with Crippen LogP contribution in [0, 0.1) is 0 Å². The molecule has 12 heavy (non-hydrogen) atoms. The minimum absolute atomic E-state index is 0.0598. The molecule has 0 radical (unpaired) electrons. The Morgan fingerprint density at radius 3 is 1.50 bits per heavy atom. The second-order valence-electron chi connectivity index (χ2n) is 2.76. The molecule has 0 aromatic rings. The van der Waals surface area contributed by atoms with Crippen LogP contribution in [0.5, 0.6) is 0 Å². The van der Waals surface area contributed by atoms with Gasteiger partial charge in [-0.25, -0.2) is 0 Å². The summed E-state index contributed by atoms with van der Waals surface area (Å²) in [4.78, 5) is 0. The Labute approximate surface area is 85.3 Å². The van der Waals surface area contributed by atoms with Gasteiger partial charge in [-0.2, -0.15) is 0 Å². The molecule has 2 unspecified atom stereocenters. The van der Waals surface area contributed by atoms with Gasteiger partial charge in [-0.3, -0.25) is 0 Å². The Hall–Kier alpha value is 0.0600. The van der Waals surface area contributed by atoms with E-state index in [1.165, 1.54) is 0 Å². The van der Waals surface area contributed by atoms with Gasteiger partial charge in [-0.05, 0) is 25.7 Å². The number of rotatable bonds is 7. The lowest BCUT2D eigenvalue weighted by atomic mass is 10.1. The zero-order valence-corrected chi connectivity index (χ0v) is 8.82. The summed E-state index contributed by atoms with van der Waals surface area (Å²) in [5.41, 5.74) is 0. The molecule has 0 nitrogen and oxygen atoms in total. The molecule has 0 spiro atoms. The number of hydrogen-bond donors (Lipinski definition) is 0. The summed E-state index contributed by atoms with van der Waals surface area (Å²) in [6, 6.07) is 0. The molecule has 0 fully saturated rings. The third-order valence-corrected chi connectivity index (χ3v) is 2.86. The van der Waals surface area contributed by atoms with E-state index in [2.05, 4.69) is 13.2 Å². The Morgan fingerprint density at radius 2 is 1.25 bits per heavy atom. The van der Waals surface area contributed by atoms with Gasteiger partial charge in [0.05, 0.1) is 10.8 Å². The van der Waals surface area contributed by atoms with Gasteiger partial charge in [0.15, 0.2) is 0 Å². The molecule has 2 heteroatoms. The maximum absolute atomic E-state index is 6.03. The lowest BCUT2D eigenvalue weighted by molar-refractivity contribution is 0.669. The lowest BCUT2D eigenvalue weighted by Crippen LogP contribution is -2.14. The molecule has 2 atom stereocenters. The van der Waals surface area contributed by atoms with E-state index in [1.54, 1.807) is 0 Å². The first-order valence-corrected chi connectivity index (χ1v) is 5.09. The average molecular weight is 207 g/mol. The van der Waals surface area contributed by atoms with Crippen LogP contribution in [0.4, 0.5) is 0 Å². The fourth-order valence-corrected chi connectivity index (χ4v) is 1.42. The van der Waals surface area contributed by atoms with Crippen LogP contribution >= 0.6 is 23.2 Å². The zero-order chi connectivity index (χ0) is 9.40. The van der Waals surface area contributed by atoms with E-state index in [4.69, 9.17) is 23.2 Å². The number of halogens is 2. The molecule has 0 rings (SSSR count). The highest BCUT2D eigenvalue weighted by atomic mass is 35.5. The average Bonchev–Trinajstić information content (AvgIpc) is 2.10. The molecule has 0 N–H and O–H groups in total. The lowest BCUT2D eigenvalue weighted by Gasteiger charge is -2.13. The van der Waals surface area contributed by atoms with Gasteiger partial charge in [0.2, 0.25) is 0 Å². The summed E-state index contributed by atoms with van der Waals surface area (Å²) >= 11 is 12.1. The fourth-order valence-electron chi connectivity index (χ4n) is 0.916. The summed E-state index contributed by atoms with van der Waals surface area (Å²) in [7, 11) is 0. The predicted octanol–water partition coefficient (Wildman–Crippen LogP) is 4.13. The Bertz CT molecular complexity index is 116. The smallest absolute Gasteiger partial charge is 0.0502 e. The molecule has 0 aliphatic rings. The molecule has 0 aromatic carbocycles. The van der Waals surface area contributed by atoms with Gasteiger partial charge in [-0.1, -0.05) is 12.2 Å². The van der Waals surface area contributed by atoms with Crippen molar-refractivity contribution in [2.24, 2.45) is 0 Å². The molecule has 0 saturated carbocycles. The molecular formula is C10H16Cl2. The van der Waals surface area contributed by atoms with Crippen LogP contribution in [0.15, 0.2) is 25.3 Å². The van der Waals surface area contributed by atoms with Crippen LogP contribution in [0.25, 0.3) is 0 Å². The second kappa shape index (κ2) is 7.70. The van der Waals surface area contributed by atoms with E-state index in [-0.39, 0.29) is 10.8 Å². The van der Waals surface area contributed by atoms with Crippen LogP contribution in [-0.4, -0.2) is 10.8 Å². The standard InChI is InChI=1S/C10H16Cl2/c1-3-5-7-9(11)10(12)8-6-4-2/h3-4,9-10H,1-2,5-8H2. The molecule has 0 heterocycles. The molecule has 0 aliphatic carbocycles. The summed E-state index contributed by atoms with van der Waals surface area (Å²) < 4.78 is 0. The highest BCUT2D eigenvalue weighted by molar-refractivity contribution is 6.29. The predicted molar refractivity (Wildman–Crippen MR) is 58.1 cm³/mol. The van der Waals surface area contributed by atoms with Crippen LogP contribution in [0.2, 0.25) is 0 Å². The third kappa shape index (κ3) is 5.68. The van der Waals surface area contributed by atoms with Crippen molar-refractivity contribution in [2.75, 3.05) is 0 Å². The van der Waals surface area contributed by atoms with Crippen LogP contribution < -0.4 is 0 Å². The number of allylic oxidation sites excluding steroid dienone is 2. The maximum Gasteiger partial charge on any atom is 0.0502 e. The van der Waals surface area contributed by atoms with Crippen molar-refractivity contribution >= 4 is 23.2 Å². The first kappa shape index (κ1) is 12.1. The van der Waals surface area contributed by atoms with Crippen molar-refractivity contribution in [2.45, 2.75) is 36.4 Å². The van der Waals surface area contributed by atoms with Crippen molar-refractivity contribution in [1.82, 2.24) is 0 Å². The Balaban J connectivity index is 3.52. The van der Waals surface area contributed by atoms with Gasteiger partial charge in [0, 0.05) is 0 Å². The summed E-state index contributed by atoms with van der Waals surface area (Å²) in [5.74, 6) is 0. The third-order valence-electron chi connectivity index (χ3n) is 1.69. The molecule has 70 valence electrons. The normalized spacial score (nSPS) is 15.2. The van der Waals surface area contributed by atoms with Gasteiger partial charge >= 0.3 is 0 Å². The highest BCUT2D eigenvalue weighted by Gasteiger charge is 2.14. The van der Waals surface area contributed by atoms with Crippen LogP contribution in [0.3, 0.4) is 0 Å². The molecular weight excluding hydrogens is 191 g/mol. The maximum atomic E-state index is 6.03. The van der Waals surface area contributed by atoms with E-state index in [0.29, 0.717) is 0 Å². The highest BCUT2D eigenvalue weighted by Crippen LogP contribution is 2.20. The largest absolute Gasteiger partial charge is 0.121 e. The van der Waals surface area contributed by atoms with Crippen LogP contribution in [0.1, 0.15) is 25.7 Å². The summed E-state index contributed by atoms with van der Waals surface area (Å²) in [5, 5.41) is 0.120. The van der Waals surface area contributed by atoms with Gasteiger partial charge in [0.1, 0.15) is 0 Å². The van der Waals surface area contributed by atoms with E-state index in [9.17, 15) is 0 Å². The van der Waals surface area contributed by atoms with Gasteiger partial charge < -0.3 is 0 Å². The number of hydrogen-bond acceptors (Lipinski definition) is 0. The van der Waals surface area contributed by atoms with Crippen LogP contribution in [-0.2, 0) is 0 Å². The molecule has 0 aliphatic heterocycles. The first-order valence-electron chi connectivity index (χ1n) is 4.22. The van der Waals surface area contributed by atoms with E-state index in [0.717, 1.165) is 25.7 Å². The van der Waals surface area contributed by atoms with E-state index in [1.807, 2.05) is 12.2 Å². The summed E-state index contributed by atoms with van der Waals surface area (Å²) in [6.07, 6.45) is 7.43. The number of alkyl halides is 2. The molecule has 0 amide bonds. The first-order chi connectivity index (χ1) is 5.72. The zero-order valence-electron chi connectivity index (χ0n) is 7.31.